The van der Waals surface area contributed by atoms with Crippen molar-refractivity contribution < 1.29 is 9.18 Å². The fourth-order valence-electron chi connectivity index (χ4n) is 2.42. The van der Waals surface area contributed by atoms with Crippen molar-refractivity contribution in [2.24, 2.45) is 0 Å². The van der Waals surface area contributed by atoms with Crippen LogP contribution in [-0.2, 0) is 11.3 Å². The third-order valence-electron chi connectivity index (χ3n) is 3.55. The van der Waals surface area contributed by atoms with Crippen LogP contribution in [0.3, 0.4) is 0 Å². The van der Waals surface area contributed by atoms with E-state index >= 15 is 0 Å². The number of thioether (sulfide) groups is 1. The van der Waals surface area contributed by atoms with Gasteiger partial charge in [0.25, 0.3) is 0 Å². The van der Waals surface area contributed by atoms with Gasteiger partial charge in [-0.3, -0.25) is 9.36 Å². The van der Waals surface area contributed by atoms with Crippen LogP contribution >= 0.6 is 23.4 Å². The molecule has 3 aromatic rings. The van der Waals surface area contributed by atoms with E-state index in [0.29, 0.717) is 28.2 Å². The summed E-state index contributed by atoms with van der Waals surface area (Å²) < 4.78 is 15.1. The van der Waals surface area contributed by atoms with Gasteiger partial charge >= 0.3 is 0 Å². The van der Waals surface area contributed by atoms with E-state index in [4.69, 9.17) is 11.6 Å². The lowest BCUT2D eigenvalue weighted by molar-refractivity contribution is -0.113. The highest BCUT2D eigenvalue weighted by molar-refractivity contribution is 7.99. The first-order valence-corrected chi connectivity index (χ1v) is 9.41. The minimum absolute atomic E-state index is 0.112. The maximum atomic E-state index is 13.2. The molecule has 0 bridgehead atoms. The Bertz CT molecular complexity index is 976. The van der Waals surface area contributed by atoms with Gasteiger partial charge in [-0.25, -0.2) is 4.39 Å². The summed E-state index contributed by atoms with van der Waals surface area (Å²) in [5, 5.41) is 12.2. The van der Waals surface area contributed by atoms with Gasteiger partial charge in [0, 0.05) is 22.8 Å². The van der Waals surface area contributed by atoms with Gasteiger partial charge in [0.1, 0.15) is 5.82 Å². The Kier molecular flexibility index (Phi) is 6.26. The van der Waals surface area contributed by atoms with Crippen LogP contribution in [0.2, 0.25) is 5.02 Å². The summed E-state index contributed by atoms with van der Waals surface area (Å²) in [7, 11) is 0. The van der Waals surface area contributed by atoms with Crippen LogP contribution in [0.25, 0.3) is 11.4 Å². The van der Waals surface area contributed by atoms with Crippen LogP contribution in [0.1, 0.15) is 0 Å². The molecule has 0 fully saturated rings. The van der Waals surface area contributed by atoms with E-state index in [2.05, 4.69) is 22.1 Å². The van der Waals surface area contributed by atoms with Crippen molar-refractivity contribution in [2.45, 2.75) is 11.7 Å². The molecule has 8 heteroatoms. The molecule has 5 nitrogen and oxygen atoms in total. The Balaban J connectivity index is 1.73. The van der Waals surface area contributed by atoms with Crippen molar-refractivity contribution in [3.63, 3.8) is 0 Å². The summed E-state index contributed by atoms with van der Waals surface area (Å²) in [6, 6.07) is 13.1. The maximum Gasteiger partial charge on any atom is 0.234 e. The molecule has 1 heterocycles. The number of amides is 1. The molecule has 3 rings (SSSR count). The fourth-order valence-corrected chi connectivity index (χ4v) is 3.36. The Morgan fingerprint density at radius 1 is 1.26 bits per heavy atom. The van der Waals surface area contributed by atoms with Crippen molar-refractivity contribution in [3.05, 3.63) is 72.0 Å². The van der Waals surface area contributed by atoms with E-state index in [1.165, 1.54) is 30.0 Å². The van der Waals surface area contributed by atoms with Crippen molar-refractivity contribution in [2.75, 3.05) is 11.1 Å². The highest BCUT2D eigenvalue weighted by Crippen LogP contribution is 2.26. The van der Waals surface area contributed by atoms with Gasteiger partial charge in [-0.1, -0.05) is 47.6 Å². The number of benzene rings is 2. The van der Waals surface area contributed by atoms with Gasteiger partial charge in [0.15, 0.2) is 11.0 Å². The lowest BCUT2D eigenvalue weighted by Gasteiger charge is -2.08. The van der Waals surface area contributed by atoms with Crippen molar-refractivity contribution >= 4 is 35.0 Å². The first-order chi connectivity index (χ1) is 13.1. The van der Waals surface area contributed by atoms with Crippen molar-refractivity contribution in [1.29, 1.82) is 0 Å². The Labute approximate surface area is 165 Å². The molecule has 1 aromatic heterocycles. The smallest absolute Gasteiger partial charge is 0.234 e. The first kappa shape index (κ1) is 19.1. The van der Waals surface area contributed by atoms with Gasteiger partial charge in [-0.05, 0) is 30.3 Å². The summed E-state index contributed by atoms with van der Waals surface area (Å²) in [6.45, 7) is 4.25. The van der Waals surface area contributed by atoms with E-state index in [9.17, 15) is 9.18 Å². The molecule has 2 aromatic carbocycles. The highest BCUT2D eigenvalue weighted by Gasteiger charge is 2.15. The number of aromatic nitrogens is 3. The molecule has 0 spiro atoms. The molecule has 0 atom stereocenters. The third kappa shape index (κ3) is 4.96. The number of hydrogen-bond acceptors (Lipinski definition) is 4. The SMILES string of the molecule is C=CCn1c(SCC(=O)Nc2cccc(F)c2)nnc1-c1cccc(Cl)c1. The topological polar surface area (TPSA) is 59.8 Å². The van der Waals surface area contributed by atoms with Crippen molar-refractivity contribution in [3.8, 4) is 11.4 Å². The summed E-state index contributed by atoms with van der Waals surface area (Å²) in [5.74, 6) is 0.0901. The monoisotopic (exact) mass is 402 g/mol. The number of nitrogens with one attached hydrogen (secondary N) is 1. The van der Waals surface area contributed by atoms with Crippen LogP contribution in [0.5, 0.6) is 0 Å². The number of allylic oxidation sites excluding steroid dienone is 1. The van der Waals surface area contributed by atoms with Gasteiger partial charge in [0.05, 0.1) is 5.75 Å². The highest BCUT2D eigenvalue weighted by atomic mass is 35.5. The van der Waals surface area contributed by atoms with Crippen molar-refractivity contribution in [1.82, 2.24) is 14.8 Å². The molecule has 0 saturated carbocycles. The summed E-state index contributed by atoms with van der Waals surface area (Å²) in [4.78, 5) is 12.1. The standard InChI is InChI=1S/C19H16ClFN4OS/c1-2-9-25-18(13-5-3-6-14(20)10-13)23-24-19(25)27-12-17(26)22-16-8-4-7-15(21)11-16/h2-8,10-11H,1,9,12H2,(H,22,26). The number of anilines is 1. The number of carbonyl (C=O) groups is 1. The average Bonchev–Trinajstić information content (AvgIpc) is 3.03. The van der Waals surface area contributed by atoms with Gasteiger partial charge < -0.3 is 5.32 Å². The van der Waals surface area contributed by atoms with Gasteiger partial charge in [-0.15, -0.1) is 16.8 Å². The number of carbonyl (C=O) groups excluding carboxylic acids is 1. The third-order valence-corrected chi connectivity index (χ3v) is 4.75. The molecule has 27 heavy (non-hydrogen) atoms. The summed E-state index contributed by atoms with van der Waals surface area (Å²) in [6.07, 6.45) is 1.73. The van der Waals surface area contributed by atoms with E-state index in [0.717, 1.165) is 5.56 Å². The van der Waals surface area contributed by atoms with E-state index in [1.54, 1.807) is 24.3 Å². The van der Waals surface area contributed by atoms with Gasteiger partial charge in [-0.2, -0.15) is 0 Å². The Hall–Kier alpha value is -2.64. The first-order valence-electron chi connectivity index (χ1n) is 8.05. The molecule has 1 amide bonds. The number of halogens is 2. The van der Waals surface area contributed by atoms with E-state index in [-0.39, 0.29) is 11.7 Å². The molecule has 0 unspecified atom stereocenters. The quantitative estimate of drug-likeness (QED) is 0.461. The predicted molar refractivity (Wildman–Crippen MR) is 106 cm³/mol. The second-order valence-electron chi connectivity index (χ2n) is 5.56. The van der Waals surface area contributed by atoms with Crippen LogP contribution in [-0.4, -0.2) is 26.4 Å². The average molecular weight is 403 g/mol. The second kappa shape index (κ2) is 8.83. The van der Waals surface area contributed by atoms with E-state index < -0.39 is 5.82 Å². The minimum atomic E-state index is -0.405. The molecular formula is C19H16ClFN4OS. The maximum absolute atomic E-state index is 13.2. The number of rotatable bonds is 7. The van der Waals surface area contributed by atoms with Gasteiger partial charge in [0.2, 0.25) is 5.91 Å². The van der Waals surface area contributed by atoms with Crippen LogP contribution in [0.4, 0.5) is 10.1 Å². The zero-order valence-electron chi connectivity index (χ0n) is 14.2. The summed E-state index contributed by atoms with van der Waals surface area (Å²) >= 11 is 7.30. The second-order valence-corrected chi connectivity index (χ2v) is 6.94. The fraction of sp³-hybridized carbons (Fsp3) is 0.105. The minimum Gasteiger partial charge on any atom is -0.325 e. The molecular weight excluding hydrogens is 387 g/mol. The zero-order chi connectivity index (χ0) is 19.2. The molecule has 1 N–H and O–H groups in total. The molecule has 0 radical (unpaired) electrons. The summed E-state index contributed by atoms with van der Waals surface area (Å²) in [5.41, 5.74) is 1.24. The number of nitrogens with zero attached hydrogens (tertiary/aromatic N) is 3. The largest absolute Gasteiger partial charge is 0.325 e. The molecule has 138 valence electrons. The normalized spacial score (nSPS) is 10.6. The Morgan fingerprint density at radius 2 is 2.07 bits per heavy atom. The lowest BCUT2D eigenvalue weighted by atomic mass is 10.2. The van der Waals surface area contributed by atoms with Crippen LogP contribution in [0, 0.1) is 5.82 Å². The molecule has 0 aliphatic rings. The van der Waals surface area contributed by atoms with E-state index in [1.807, 2.05) is 16.7 Å². The molecule has 0 aliphatic carbocycles. The Morgan fingerprint density at radius 3 is 2.81 bits per heavy atom. The molecule has 0 saturated heterocycles. The van der Waals surface area contributed by atoms with Crippen LogP contribution < -0.4 is 5.32 Å². The zero-order valence-corrected chi connectivity index (χ0v) is 15.8. The predicted octanol–water partition coefficient (Wildman–Crippen LogP) is 4.65. The molecule has 0 aliphatic heterocycles. The van der Waals surface area contributed by atoms with Crippen LogP contribution in [0.15, 0.2) is 66.3 Å². The number of hydrogen-bond donors (Lipinski definition) is 1. The lowest BCUT2D eigenvalue weighted by Crippen LogP contribution is -2.14.